The lowest BCUT2D eigenvalue weighted by atomic mass is 10.1. The summed E-state index contributed by atoms with van der Waals surface area (Å²) in [5.41, 5.74) is 0. The lowest BCUT2D eigenvalue weighted by Gasteiger charge is -2.04. The normalized spacial score (nSPS) is 34.9. The van der Waals surface area contributed by atoms with Gasteiger partial charge in [-0.05, 0) is 26.7 Å². The highest BCUT2D eigenvalue weighted by atomic mass is 16.5. The molecule has 0 amide bonds. The number of ketones is 1. The second kappa shape index (κ2) is 2.48. The Morgan fingerprint density at radius 2 is 2.22 bits per heavy atom. The van der Waals surface area contributed by atoms with Crippen molar-refractivity contribution < 1.29 is 9.53 Å². The van der Waals surface area contributed by atoms with Crippen molar-refractivity contribution in [2.75, 3.05) is 0 Å². The van der Waals surface area contributed by atoms with Crippen molar-refractivity contribution in [2.24, 2.45) is 0 Å². The van der Waals surface area contributed by atoms with E-state index in [0.717, 1.165) is 12.8 Å². The minimum absolute atomic E-state index is 0.0972. The van der Waals surface area contributed by atoms with Crippen molar-refractivity contribution in [3.63, 3.8) is 0 Å². The molecule has 1 heterocycles. The van der Waals surface area contributed by atoms with Gasteiger partial charge in [-0.15, -0.1) is 0 Å². The van der Waals surface area contributed by atoms with Crippen LogP contribution in [-0.2, 0) is 9.53 Å². The summed E-state index contributed by atoms with van der Waals surface area (Å²) < 4.78 is 5.27. The Morgan fingerprint density at radius 3 is 2.44 bits per heavy atom. The third-order valence-corrected chi connectivity index (χ3v) is 1.69. The summed E-state index contributed by atoms with van der Waals surface area (Å²) in [6, 6.07) is 0. The Balaban J connectivity index is 2.39. The maximum atomic E-state index is 10.7. The minimum Gasteiger partial charge on any atom is -0.368 e. The Kier molecular flexibility index (Phi) is 1.86. The maximum Gasteiger partial charge on any atom is 0.158 e. The van der Waals surface area contributed by atoms with Gasteiger partial charge in [-0.3, -0.25) is 4.79 Å². The predicted octanol–water partition coefficient (Wildman–Crippen LogP) is 1.14. The van der Waals surface area contributed by atoms with Crippen LogP contribution in [0.4, 0.5) is 0 Å². The molecule has 0 radical (unpaired) electrons. The fourth-order valence-electron chi connectivity index (χ4n) is 1.10. The largest absolute Gasteiger partial charge is 0.368 e. The molecule has 2 heteroatoms. The molecule has 2 nitrogen and oxygen atoms in total. The van der Waals surface area contributed by atoms with Crippen LogP contribution in [0.25, 0.3) is 0 Å². The summed E-state index contributed by atoms with van der Waals surface area (Å²) in [7, 11) is 0. The van der Waals surface area contributed by atoms with Gasteiger partial charge in [0.25, 0.3) is 0 Å². The summed E-state index contributed by atoms with van der Waals surface area (Å²) in [6.45, 7) is 3.59. The topological polar surface area (TPSA) is 26.3 Å². The third kappa shape index (κ3) is 1.52. The van der Waals surface area contributed by atoms with E-state index >= 15 is 0 Å². The zero-order valence-corrected chi connectivity index (χ0v) is 5.89. The highest BCUT2D eigenvalue weighted by Crippen LogP contribution is 2.18. The van der Waals surface area contributed by atoms with E-state index in [1.807, 2.05) is 6.92 Å². The van der Waals surface area contributed by atoms with Crippen molar-refractivity contribution in [3.8, 4) is 0 Å². The molecule has 0 aromatic carbocycles. The summed E-state index contributed by atoms with van der Waals surface area (Å²) in [4.78, 5) is 10.7. The highest BCUT2D eigenvalue weighted by molar-refractivity contribution is 5.80. The highest BCUT2D eigenvalue weighted by Gasteiger charge is 2.24. The van der Waals surface area contributed by atoms with E-state index in [-0.39, 0.29) is 11.9 Å². The van der Waals surface area contributed by atoms with E-state index in [2.05, 4.69) is 0 Å². The standard InChI is InChI=1S/C7H12O2/c1-5-3-4-7(9-5)6(2)8/h5,7H,3-4H2,1-2H3/t5-,7-/m0/s1. The fraction of sp³-hybridized carbons (Fsp3) is 0.857. The average molecular weight is 128 g/mol. The molecule has 0 unspecified atom stereocenters. The summed E-state index contributed by atoms with van der Waals surface area (Å²) in [5, 5.41) is 0. The molecule has 0 bridgehead atoms. The van der Waals surface area contributed by atoms with Crippen molar-refractivity contribution in [1.82, 2.24) is 0 Å². The fourth-order valence-corrected chi connectivity index (χ4v) is 1.10. The van der Waals surface area contributed by atoms with Gasteiger partial charge >= 0.3 is 0 Å². The van der Waals surface area contributed by atoms with Crippen molar-refractivity contribution in [2.45, 2.75) is 38.9 Å². The van der Waals surface area contributed by atoms with Crippen LogP contribution in [-0.4, -0.2) is 18.0 Å². The second-order valence-corrected chi connectivity index (χ2v) is 2.62. The molecule has 0 aromatic heterocycles. The van der Waals surface area contributed by atoms with Crippen LogP contribution in [0.15, 0.2) is 0 Å². The van der Waals surface area contributed by atoms with Gasteiger partial charge < -0.3 is 4.74 Å². The monoisotopic (exact) mass is 128 g/mol. The summed E-state index contributed by atoms with van der Waals surface area (Å²) >= 11 is 0. The molecule has 9 heavy (non-hydrogen) atoms. The Morgan fingerprint density at radius 1 is 1.56 bits per heavy atom. The molecule has 1 aliphatic heterocycles. The maximum absolute atomic E-state index is 10.7. The van der Waals surface area contributed by atoms with Gasteiger partial charge in [0.1, 0.15) is 6.10 Å². The van der Waals surface area contributed by atoms with E-state index in [4.69, 9.17) is 4.74 Å². The smallest absolute Gasteiger partial charge is 0.158 e. The van der Waals surface area contributed by atoms with Gasteiger partial charge in [-0.25, -0.2) is 0 Å². The predicted molar refractivity (Wildman–Crippen MR) is 34.2 cm³/mol. The SMILES string of the molecule is CC(=O)[C@@H]1CC[C@H](C)O1. The molecular formula is C7H12O2. The molecule has 1 fully saturated rings. The van der Waals surface area contributed by atoms with Gasteiger partial charge in [0.15, 0.2) is 5.78 Å². The van der Waals surface area contributed by atoms with Crippen molar-refractivity contribution in [1.29, 1.82) is 0 Å². The number of rotatable bonds is 1. The first-order valence-electron chi connectivity index (χ1n) is 3.36. The zero-order valence-electron chi connectivity index (χ0n) is 5.89. The molecule has 52 valence electrons. The van der Waals surface area contributed by atoms with E-state index < -0.39 is 0 Å². The zero-order chi connectivity index (χ0) is 6.85. The number of hydrogen-bond acceptors (Lipinski definition) is 2. The van der Waals surface area contributed by atoms with Crippen LogP contribution in [0.2, 0.25) is 0 Å². The first kappa shape index (κ1) is 6.75. The molecule has 0 saturated carbocycles. The van der Waals surface area contributed by atoms with E-state index in [0.29, 0.717) is 6.10 Å². The number of carbonyl (C=O) groups is 1. The molecule has 2 atom stereocenters. The molecule has 1 aliphatic rings. The summed E-state index contributed by atoms with van der Waals surface area (Å²) in [5.74, 6) is 0.166. The quantitative estimate of drug-likeness (QED) is 0.529. The first-order valence-corrected chi connectivity index (χ1v) is 3.36. The molecular weight excluding hydrogens is 116 g/mol. The molecule has 0 N–H and O–H groups in total. The number of ether oxygens (including phenoxy) is 1. The van der Waals surface area contributed by atoms with E-state index in [1.165, 1.54) is 0 Å². The van der Waals surface area contributed by atoms with Crippen LogP contribution in [0.1, 0.15) is 26.7 Å². The van der Waals surface area contributed by atoms with Gasteiger partial charge in [-0.1, -0.05) is 0 Å². The van der Waals surface area contributed by atoms with Gasteiger partial charge in [0.2, 0.25) is 0 Å². The molecule has 1 rings (SSSR count). The van der Waals surface area contributed by atoms with Crippen LogP contribution >= 0.6 is 0 Å². The van der Waals surface area contributed by atoms with E-state index in [1.54, 1.807) is 6.92 Å². The number of Topliss-reactive ketones (excluding diaryl/α,β-unsaturated/α-hetero) is 1. The lowest BCUT2D eigenvalue weighted by Crippen LogP contribution is -2.16. The van der Waals surface area contributed by atoms with Crippen LogP contribution < -0.4 is 0 Å². The van der Waals surface area contributed by atoms with Crippen LogP contribution in [0.5, 0.6) is 0 Å². The molecule has 0 spiro atoms. The number of hydrogen-bond donors (Lipinski definition) is 0. The average Bonchev–Trinajstić information content (AvgIpc) is 2.14. The van der Waals surface area contributed by atoms with Crippen LogP contribution in [0, 0.1) is 0 Å². The van der Waals surface area contributed by atoms with Gasteiger partial charge in [0, 0.05) is 0 Å². The third-order valence-electron chi connectivity index (χ3n) is 1.69. The Labute approximate surface area is 55.2 Å². The molecule has 0 aromatic rings. The van der Waals surface area contributed by atoms with Crippen molar-refractivity contribution in [3.05, 3.63) is 0 Å². The van der Waals surface area contributed by atoms with Crippen molar-refractivity contribution >= 4 is 5.78 Å². The van der Waals surface area contributed by atoms with Gasteiger partial charge in [0.05, 0.1) is 6.10 Å². The second-order valence-electron chi connectivity index (χ2n) is 2.62. The summed E-state index contributed by atoms with van der Waals surface area (Å²) in [6.07, 6.45) is 2.14. The Hall–Kier alpha value is -0.370. The molecule has 1 saturated heterocycles. The lowest BCUT2D eigenvalue weighted by molar-refractivity contribution is -0.127. The Bertz CT molecular complexity index is 120. The first-order chi connectivity index (χ1) is 4.20. The van der Waals surface area contributed by atoms with Gasteiger partial charge in [-0.2, -0.15) is 0 Å². The minimum atomic E-state index is -0.0972. The molecule has 0 aliphatic carbocycles. The van der Waals surface area contributed by atoms with E-state index in [9.17, 15) is 4.79 Å². The van der Waals surface area contributed by atoms with Crippen LogP contribution in [0.3, 0.4) is 0 Å². The number of carbonyl (C=O) groups excluding carboxylic acids is 1.